The van der Waals surface area contributed by atoms with Gasteiger partial charge in [-0.25, -0.2) is 9.59 Å². The lowest BCUT2D eigenvalue weighted by molar-refractivity contribution is -0.155. The summed E-state index contributed by atoms with van der Waals surface area (Å²) in [7, 11) is -4.07. The van der Waals surface area contributed by atoms with Crippen LogP contribution in [0.5, 0.6) is 0 Å². The second-order valence-corrected chi connectivity index (χ2v) is 10.9. The number of rotatable bonds is 9. The van der Waals surface area contributed by atoms with Gasteiger partial charge in [0.2, 0.25) is 5.78 Å². The lowest BCUT2D eigenvalue weighted by Crippen LogP contribution is -2.45. The maximum absolute atomic E-state index is 13.3. The number of carbonyl (C=O) groups is 2. The molecule has 2 aromatic rings. The predicted octanol–water partition coefficient (Wildman–Crippen LogP) is 5.46. The minimum Gasteiger partial charge on any atom is -0.458 e. The molecule has 0 saturated carbocycles. The zero-order valence-corrected chi connectivity index (χ0v) is 21.1. The van der Waals surface area contributed by atoms with Crippen molar-refractivity contribution in [2.24, 2.45) is 0 Å². The average molecular weight is 490 g/mol. The summed E-state index contributed by atoms with van der Waals surface area (Å²) in [6.45, 7) is 8.31. The molecule has 0 spiro atoms. The van der Waals surface area contributed by atoms with E-state index in [1.54, 1.807) is 34.6 Å². The third kappa shape index (κ3) is 5.87. The molecule has 1 aliphatic rings. The molecule has 3 rings (SSSR count). The molecule has 8 nitrogen and oxygen atoms in total. The molecular weight excluding hydrogens is 457 g/mol. The first-order valence-electron chi connectivity index (χ1n) is 11.3. The Hall–Kier alpha value is -2.67. The number of ether oxygens (including phenoxy) is 2. The molecular formula is C25H32NO7P. The Morgan fingerprint density at radius 2 is 1.44 bits per heavy atom. The first-order valence-corrected chi connectivity index (χ1v) is 12.9. The van der Waals surface area contributed by atoms with Crippen LogP contribution < -0.4 is 5.32 Å². The van der Waals surface area contributed by atoms with Crippen LogP contribution in [0.1, 0.15) is 51.7 Å². The van der Waals surface area contributed by atoms with Crippen molar-refractivity contribution in [3.8, 4) is 11.1 Å². The molecule has 0 fully saturated rings. The van der Waals surface area contributed by atoms with Crippen molar-refractivity contribution in [3.63, 3.8) is 0 Å². The van der Waals surface area contributed by atoms with Crippen LogP contribution in [0.2, 0.25) is 0 Å². The first kappa shape index (κ1) is 25.9. The number of hydrogen-bond donors (Lipinski definition) is 1. The highest BCUT2D eigenvalue weighted by Crippen LogP contribution is 2.52. The van der Waals surface area contributed by atoms with Gasteiger partial charge >= 0.3 is 19.7 Å². The van der Waals surface area contributed by atoms with Gasteiger partial charge in [0, 0.05) is 5.92 Å². The molecule has 1 atom stereocenters. The minimum atomic E-state index is -4.07. The quantitative estimate of drug-likeness (QED) is 0.369. The van der Waals surface area contributed by atoms with E-state index in [0.29, 0.717) is 0 Å². The number of amides is 1. The largest absolute Gasteiger partial charge is 0.458 e. The summed E-state index contributed by atoms with van der Waals surface area (Å²) >= 11 is 0. The Balaban J connectivity index is 1.78. The van der Waals surface area contributed by atoms with Gasteiger partial charge in [-0.3, -0.25) is 9.88 Å². The van der Waals surface area contributed by atoms with E-state index in [-0.39, 0.29) is 25.7 Å². The van der Waals surface area contributed by atoms with Gasteiger partial charge in [-0.05, 0) is 56.9 Å². The fourth-order valence-corrected chi connectivity index (χ4v) is 5.59. The van der Waals surface area contributed by atoms with Crippen LogP contribution in [0.3, 0.4) is 0 Å². The first-order chi connectivity index (χ1) is 16.1. The van der Waals surface area contributed by atoms with Crippen LogP contribution in [-0.2, 0) is 27.9 Å². The predicted molar refractivity (Wildman–Crippen MR) is 129 cm³/mol. The molecule has 1 unspecified atom stereocenters. The van der Waals surface area contributed by atoms with Gasteiger partial charge in [0.25, 0.3) is 0 Å². The minimum absolute atomic E-state index is 0.0168. The molecule has 9 heteroatoms. The number of fused-ring (bicyclic) bond motifs is 3. The molecule has 184 valence electrons. The summed E-state index contributed by atoms with van der Waals surface area (Å²) < 4.78 is 34.8. The molecule has 34 heavy (non-hydrogen) atoms. The van der Waals surface area contributed by atoms with E-state index in [0.717, 1.165) is 22.3 Å². The normalized spacial score (nSPS) is 14.1. The molecule has 0 saturated heterocycles. The van der Waals surface area contributed by atoms with Gasteiger partial charge in [-0.2, -0.15) is 0 Å². The molecule has 1 amide bonds. The van der Waals surface area contributed by atoms with E-state index < -0.39 is 31.0 Å². The van der Waals surface area contributed by atoms with E-state index in [1.807, 2.05) is 48.5 Å². The van der Waals surface area contributed by atoms with Crippen molar-refractivity contribution in [1.29, 1.82) is 0 Å². The molecule has 0 aliphatic heterocycles. The van der Waals surface area contributed by atoms with Crippen molar-refractivity contribution >= 4 is 19.7 Å². The van der Waals surface area contributed by atoms with E-state index in [1.165, 1.54) is 0 Å². The number of carbonyl (C=O) groups excluding carboxylic acids is 2. The van der Waals surface area contributed by atoms with E-state index >= 15 is 0 Å². The zero-order chi connectivity index (χ0) is 24.9. The fourth-order valence-electron chi connectivity index (χ4n) is 3.92. The van der Waals surface area contributed by atoms with Crippen LogP contribution in [0, 0.1) is 0 Å². The number of benzene rings is 2. The van der Waals surface area contributed by atoms with E-state index in [9.17, 15) is 14.2 Å². The van der Waals surface area contributed by atoms with Gasteiger partial charge in [0.15, 0.2) is 0 Å². The Morgan fingerprint density at radius 3 is 1.91 bits per heavy atom. The lowest BCUT2D eigenvalue weighted by Gasteiger charge is -2.28. The summed E-state index contributed by atoms with van der Waals surface area (Å²) in [4.78, 5) is 25.6. The molecule has 2 aromatic carbocycles. The summed E-state index contributed by atoms with van der Waals surface area (Å²) in [5.41, 5.74) is 3.41. The Bertz CT molecular complexity index is 1020. The second-order valence-electron chi connectivity index (χ2n) is 8.78. The maximum atomic E-state index is 13.3. The molecule has 0 bridgehead atoms. The van der Waals surface area contributed by atoms with Crippen molar-refractivity contribution in [2.75, 3.05) is 19.8 Å². The smallest absolute Gasteiger partial charge is 0.408 e. The summed E-state index contributed by atoms with van der Waals surface area (Å²) in [6, 6.07) is 15.9. The second kappa shape index (κ2) is 10.7. The van der Waals surface area contributed by atoms with Crippen LogP contribution in [0.25, 0.3) is 11.1 Å². The van der Waals surface area contributed by atoms with Gasteiger partial charge in [-0.15, -0.1) is 0 Å². The summed E-state index contributed by atoms with van der Waals surface area (Å²) in [6.07, 6.45) is -0.919. The highest BCUT2D eigenvalue weighted by atomic mass is 31.2. The van der Waals surface area contributed by atoms with E-state index in [2.05, 4.69) is 5.32 Å². The maximum Gasteiger partial charge on any atom is 0.408 e. The van der Waals surface area contributed by atoms with E-state index in [4.69, 9.17) is 18.5 Å². The highest BCUT2D eigenvalue weighted by molar-refractivity contribution is 7.55. The molecule has 0 heterocycles. The van der Waals surface area contributed by atoms with Crippen molar-refractivity contribution < 1.29 is 32.7 Å². The lowest BCUT2D eigenvalue weighted by atomic mass is 9.98. The standard InChI is InChI=1S/C25H32NO7P/c1-6-31-34(29,32-7-2)22(23(27)33-25(3,4)5)26-24(28)30-16-21-19-14-10-8-12-17(19)18-13-9-11-15-20(18)21/h8-15,21-22H,6-7,16H2,1-5H3,(H,26,28). The molecule has 0 aromatic heterocycles. The molecule has 0 radical (unpaired) electrons. The SMILES string of the molecule is CCOP(=O)(OCC)C(NC(=O)OCC1c2ccccc2-c2ccccc21)C(=O)OC(C)(C)C. The Kier molecular flexibility index (Phi) is 8.18. The van der Waals surface area contributed by atoms with Crippen LogP contribution in [-0.4, -0.2) is 43.3 Å². The van der Waals surface area contributed by atoms with Crippen LogP contribution >= 0.6 is 7.60 Å². The Morgan fingerprint density at radius 1 is 0.941 bits per heavy atom. The van der Waals surface area contributed by atoms with Gasteiger partial charge < -0.3 is 18.5 Å². The van der Waals surface area contributed by atoms with Crippen molar-refractivity contribution in [1.82, 2.24) is 5.32 Å². The molecule has 1 aliphatic carbocycles. The van der Waals surface area contributed by atoms with Crippen molar-refractivity contribution in [3.05, 3.63) is 59.7 Å². The molecule has 1 N–H and O–H groups in total. The zero-order valence-electron chi connectivity index (χ0n) is 20.2. The van der Waals surface area contributed by atoms with Crippen LogP contribution in [0.15, 0.2) is 48.5 Å². The number of esters is 1. The average Bonchev–Trinajstić information content (AvgIpc) is 3.09. The summed E-state index contributed by atoms with van der Waals surface area (Å²) in [5, 5.41) is 2.37. The topological polar surface area (TPSA) is 100 Å². The third-order valence-electron chi connectivity index (χ3n) is 5.16. The Labute approximate surface area is 200 Å². The fraction of sp³-hybridized carbons (Fsp3) is 0.440. The van der Waals surface area contributed by atoms with Gasteiger partial charge in [-0.1, -0.05) is 48.5 Å². The van der Waals surface area contributed by atoms with Gasteiger partial charge in [0.05, 0.1) is 13.2 Å². The highest BCUT2D eigenvalue weighted by Gasteiger charge is 2.45. The summed E-state index contributed by atoms with van der Waals surface area (Å²) in [5.74, 6) is -2.75. The number of nitrogens with one attached hydrogen (secondary N) is 1. The monoisotopic (exact) mass is 489 g/mol. The van der Waals surface area contributed by atoms with Gasteiger partial charge in [0.1, 0.15) is 12.2 Å². The number of hydrogen-bond acceptors (Lipinski definition) is 7. The van der Waals surface area contributed by atoms with Crippen LogP contribution in [0.4, 0.5) is 4.79 Å². The van der Waals surface area contributed by atoms with Crippen molar-refractivity contribution in [2.45, 2.75) is 51.9 Å². The third-order valence-corrected chi connectivity index (χ3v) is 7.37. The number of alkyl carbamates (subject to hydrolysis) is 1.